The molecule has 1 aliphatic carbocycles. The largest absolute Gasteiger partial charge is 0.462 e. The Balaban J connectivity index is 1.53. The van der Waals surface area contributed by atoms with Crippen molar-refractivity contribution in [3.05, 3.63) is 47.1 Å². The van der Waals surface area contributed by atoms with Gasteiger partial charge in [0.1, 0.15) is 29.8 Å². The lowest BCUT2D eigenvalue weighted by molar-refractivity contribution is -0.332. The number of carbonyl (C=O) groups is 1. The predicted octanol–water partition coefficient (Wildman–Crippen LogP) is 4.16. The van der Waals surface area contributed by atoms with Crippen LogP contribution in [0.15, 0.2) is 47.1 Å². The predicted molar refractivity (Wildman–Crippen MR) is 149 cm³/mol. The lowest BCUT2D eigenvalue weighted by atomic mass is 9.70. The summed E-state index contributed by atoms with van der Waals surface area (Å²) in [4.78, 5) is 14.0. The molecular weight excluding hydrogens is 512 g/mol. The molecule has 0 aromatic heterocycles. The molecule has 40 heavy (non-hydrogen) atoms. The van der Waals surface area contributed by atoms with E-state index in [-0.39, 0.29) is 31.3 Å². The first kappa shape index (κ1) is 29.7. The Morgan fingerprint density at radius 2 is 1.98 bits per heavy atom. The summed E-state index contributed by atoms with van der Waals surface area (Å²) in [5.74, 6) is -1.69. The highest BCUT2D eigenvalue weighted by molar-refractivity contribution is 5.78. The highest BCUT2D eigenvalue weighted by Crippen LogP contribution is 2.47. The summed E-state index contributed by atoms with van der Waals surface area (Å²) in [7, 11) is 1.52. The van der Waals surface area contributed by atoms with Crippen molar-refractivity contribution in [3.63, 3.8) is 0 Å². The smallest absolute Gasteiger partial charge is 0.316 e. The molecular formula is C32H46O8. The van der Waals surface area contributed by atoms with E-state index in [4.69, 9.17) is 23.7 Å². The minimum Gasteiger partial charge on any atom is -0.462 e. The number of hydrogen-bond donors (Lipinski definition) is 2. The molecule has 4 heterocycles. The summed E-state index contributed by atoms with van der Waals surface area (Å²) < 4.78 is 31.1. The van der Waals surface area contributed by atoms with Gasteiger partial charge in [-0.15, -0.1) is 0 Å². The van der Waals surface area contributed by atoms with E-state index in [0.29, 0.717) is 36.3 Å². The van der Waals surface area contributed by atoms with Gasteiger partial charge in [0.15, 0.2) is 5.79 Å². The average molecular weight is 559 g/mol. The quantitative estimate of drug-likeness (QED) is 0.385. The number of ether oxygens (including phenoxy) is 5. The minimum atomic E-state index is -1.66. The van der Waals surface area contributed by atoms with Crippen molar-refractivity contribution in [2.75, 3.05) is 20.3 Å². The van der Waals surface area contributed by atoms with Crippen LogP contribution in [0.25, 0.3) is 0 Å². The number of aliphatic hydroxyl groups is 2. The lowest BCUT2D eigenvalue weighted by Crippen LogP contribution is -2.59. The Morgan fingerprint density at radius 1 is 1.18 bits per heavy atom. The molecule has 0 saturated carbocycles. The third kappa shape index (κ3) is 5.63. The van der Waals surface area contributed by atoms with Gasteiger partial charge in [-0.1, -0.05) is 49.8 Å². The van der Waals surface area contributed by atoms with Gasteiger partial charge in [-0.05, 0) is 56.1 Å². The van der Waals surface area contributed by atoms with Crippen molar-refractivity contribution >= 4 is 5.97 Å². The van der Waals surface area contributed by atoms with Crippen molar-refractivity contribution in [1.82, 2.24) is 0 Å². The summed E-state index contributed by atoms with van der Waals surface area (Å²) in [5, 5.41) is 22.4. The standard InChI is InChI=1S/C32H46O8/c1-19-7-6-8-24-18-37-29-28(36-5)23(17-33)14-27(32(24,29)35)30(34)38-26-15-25(10-9-20(2)13-19)40-31(16-26)12-11-21(3)22(4)39-31/h6-9,14,19,21-22,25-29,33,35H,10-13,15-18H2,1-5H3/b7-6+,20-9+,24-8+/t19-,21-,22+,25+,26-,27-,28+,29+,31-,32+/m0/s1. The molecule has 222 valence electrons. The Labute approximate surface area is 238 Å². The normalized spacial score (nSPS) is 47.8. The van der Waals surface area contributed by atoms with Crippen LogP contribution in [0, 0.1) is 17.8 Å². The molecule has 0 aromatic carbocycles. The highest BCUT2D eigenvalue weighted by Gasteiger charge is 2.61. The van der Waals surface area contributed by atoms with Crippen LogP contribution in [0.5, 0.6) is 0 Å². The molecule has 5 aliphatic rings. The number of esters is 1. The first-order chi connectivity index (χ1) is 19.1. The molecule has 0 aromatic rings. The van der Waals surface area contributed by atoms with Gasteiger partial charge < -0.3 is 33.9 Å². The molecule has 0 amide bonds. The highest BCUT2D eigenvalue weighted by atomic mass is 16.7. The number of aliphatic hydroxyl groups excluding tert-OH is 1. The Bertz CT molecular complexity index is 1080. The minimum absolute atomic E-state index is 0.0378. The summed E-state index contributed by atoms with van der Waals surface area (Å²) in [5.41, 5.74) is 0.710. The van der Waals surface area contributed by atoms with Gasteiger partial charge in [0.05, 0.1) is 25.4 Å². The van der Waals surface area contributed by atoms with E-state index < -0.39 is 41.6 Å². The van der Waals surface area contributed by atoms with Crippen molar-refractivity contribution < 1.29 is 38.7 Å². The van der Waals surface area contributed by atoms with Crippen LogP contribution in [0.3, 0.4) is 0 Å². The summed E-state index contributed by atoms with van der Waals surface area (Å²) in [6, 6.07) is 0. The van der Waals surface area contributed by atoms with E-state index in [2.05, 4.69) is 39.8 Å². The molecule has 8 nitrogen and oxygen atoms in total. The average Bonchev–Trinajstić information content (AvgIpc) is 3.24. The van der Waals surface area contributed by atoms with E-state index in [1.807, 2.05) is 12.2 Å². The number of methoxy groups -OCH3 is 1. The van der Waals surface area contributed by atoms with Gasteiger partial charge >= 0.3 is 5.97 Å². The zero-order chi connectivity index (χ0) is 28.7. The molecule has 3 fully saturated rings. The number of hydrogen-bond acceptors (Lipinski definition) is 8. The topological polar surface area (TPSA) is 104 Å². The van der Waals surface area contributed by atoms with Gasteiger partial charge in [0, 0.05) is 26.4 Å². The lowest BCUT2D eigenvalue weighted by Gasteiger charge is -2.49. The molecule has 10 atom stereocenters. The molecule has 4 aliphatic heterocycles. The van der Waals surface area contributed by atoms with Gasteiger partial charge in [-0.3, -0.25) is 4.79 Å². The monoisotopic (exact) mass is 558 g/mol. The van der Waals surface area contributed by atoms with E-state index in [1.165, 1.54) is 12.7 Å². The Kier molecular flexibility index (Phi) is 8.77. The fourth-order valence-electron chi connectivity index (χ4n) is 7.16. The number of rotatable bonds is 2. The Hall–Kier alpha value is -1.81. The number of fused-ring (bicyclic) bond motifs is 2. The zero-order valence-corrected chi connectivity index (χ0v) is 24.5. The molecule has 2 bridgehead atoms. The SMILES string of the molecule is CO[C@@H]1C(CO)=C[C@H]2C(=O)O[C@H]3C[C@@H](C/C=C(\C)C[C@@H](C)/C=C/C=C4\CO[C@H]1[C@@]42O)O[C@@]1(CC[C@H](C)[C@@H](C)O1)C3. The number of carbonyl (C=O) groups excluding carboxylic acids is 1. The molecule has 8 heteroatoms. The molecule has 1 spiro atoms. The molecule has 2 N–H and O–H groups in total. The fraction of sp³-hybridized carbons (Fsp3) is 0.719. The van der Waals surface area contributed by atoms with E-state index in [1.54, 1.807) is 6.08 Å². The van der Waals surface area contributed by atoms with Crippen LogP contribution in [-0.2, 0) is 28.5 Å². The van der Waals surface area contributed by atoms with Crippen molar-refractivity contribution in [2.45, 2.75) is 108 Å². The molecule has 0 radical (unpaired) electrons. The maximum atomic E-state index is 14.0. The second-order valence-electron chi connectivity index (χ2n) is 12.6. The van der Waals surface area contributed by atoms with Crippen LogP contribution in [-0.4, -0.2) is 78.4 Å². The summed E-state index contributed by atoms with van der Waals surface area (Å²) in [6.07, 6.45) is 12.0. The first-order valence-corrected chi connectivity index (χ1v) is 14.9. The van der Waals surface area contributed by atoms with Crippen LogP contribution >= 0.6 is 0 Å². The summed E-state index contributed by atoms with van der Waals surface area (Å²) >= 11 is 0. The van der Waals surface area contributed by atoms with E-state index in [9.17, 15) is 15.0 Å². The fourth-order valence-corrected chi connectivity index (χ4v) is 7.16. The van der Waals surface area contributed by atoms with Crippen LogP contribution < -0.4 is 0 Å². The second kappa shape index (κ2) is 11.8. The zero-order valence-electron chi connectivity index (χ0n) is 24.5. The molecule has 3 saturated heterocycles. The number of allylic oxidation sites excluding steroid dienone is 4. The summed E-state index contributed by atoms with van der Waals surface area (Å²) in [6.45, 7) is 8.42. The van der Waals surface area contributed by atoms with Gasteiger partial charge in [-0.2, -0.15) is 0 Å². The maximum absolute atomic E-state index is 14.0. The van der Waals surface area contributed by atoms with Crippen molar-refractivity contribution in [3.8, 4) is 0 Å². The van der Waals surface area contributed by atoms with E-state index in [0.717, 1.165) is 19.3 Å². The van der Waals surface area contributed by atoms with Crippen LogP contribution in [0.4, 0.5) is 0 Å². The Morgan fingerprint density at radius 3 is 2.70 bits per heavy atom. The van der Waals surface area contributed by atoms with Crippen LogP contribution in [0.1, 0.15) is 66.2 Å². The third-order valence-electron chi connectivity index (χ3n) is 9.57. The maximum Gasteiger partial charge on any atom is 0.316 e. The molecule has 0 unspecified atom stereocenters. The third-order valence-corrected chi connectivity index (χ3v) is 9.57. The van der Waals surface area contributed by atoms with Crippen molar-refractivity contribution in [2.24, 2.45) is 17.8 Å². The van der Waals surface area contributed by atoms with Gasteiger partial charge in [0.2, 0.25) is 0 Å². The van der Waals surface area contributed by atoms with Gasteiger partial charge in [-0.25, -0.2) is 0 Å². The molecule has 5 rings (SSSR count). The second-order valence-corrected chi connectivity index (χ2v) is 12.6. The van der Waals surface area contributed by atoms with Crippen molar-refractivity contribution in [1.29, 1.82) is 0 Å². The van der Waals surface area contributed by atoms with E-state index >= 15 is 0 Å². The first-order valence-electron chi connectivity index (χ1n) is 14.9. The van der Waals surface area contributed by atoms with Gasteiger partial charge in [0.25, 0.3) is 0 Å². The van der Waals surface area contributed by atoms with Crippen LogP contribution in [0.2, 0.25) is 0 Å².